The van der Waals surface area contributed by atoms with Crippen LogP contribution in [0.4, 0.5) is 0 Å². The van der Waals surface area contributed by atoms with Crippen molar-refractivity contribution >= 4 is 107 Å². The van der Waals surface area contributed by atoms with Crippen LogP contribution in [0.25, 0.3) is 10.8 Å². The average Bonchev–Trinajstić information content (AvgIpc) is 3.17. The van der Waals surface area contributed by atoms with E-state index in [-0.39, 0.29) is 44.5 Å². The van der Waals surface area contributed by atoms with Gasteiger partial charge in [0.15, 0.2) is 0 Å². The maximum Gasteiger partial charge on any atom is 0.326 e. The summed E-state index contributed by atoms with van der Waals surface area (Å²) in [7, 11) is 0. The highest BCUT2D eigenvalue weighted by Gasteiger charge is 2.46. The van der Waals surface area contributed by atoms with Gasteiger partial charge in [-0.15, -0.1) is 0 Å². The Morgan fingerprint density at radius 3 is 1.07 bits per heavy atom. The first-order chi connectivity index (χ1) is 27.3. The van der Waals surface area contributed by atoms with Gasteiger partial charge in [-0.1, -0.05) is 0 Å². The van der Waals surface area contributed by atoms with Crippen LogP contribution >= 0.6 is 25.3 Å². The van der Waals surface area contributed by atoms with Gasteiger partial charge in [0.05, 0.1) is 0 Å². The molecule has 8 N–H and O–H groups in total. The number of benzene rings is 2. The van der Waals surface area contributed by atoms with Crippen molar-refractivity contribution in [2.75, 3.05) is 24.6 Å². The van der Waals surface area contributed by atoms with Crippen LogP contribution in [0.1, 0.15) is 67.1 Å². The fraction of sp³-hybridized carbons (Fsp3) is 0.353. The Morgan fingerprint density at radius 1 is 0.534 bits per heavy atom. The van der Waals surface area contributed by atoms with E-state index in [0.29, 0.717) is 9.80 Å². The molecular weight excluding hydrogens is 813 g/mol. The number of hydrogen-bond acceptors (Lipinski definition) is 14. The Bertz CT molecular complexity index is 1940. The predicted molar refractivity (Wildman–Crippen MR) is 199 cm³/mol. The first kappa shape index (κ1) is 44.2. The molecule has 4 atom stereocenters. The summed E-state index contributed by atoms with van der Waals surface area (Å²) in [6.45, 7) is -1.50. The minimum atomic E-state index is -1.94. The van der Waals surface area contributed by atoms with E-state index in [4.69, 9.17) is 10.2 Å². The van der Waals surface area contributed by atoms with Crippen molar-refractivity contribution < 1.29 is 78.0 Å². The van der Waals surface area contributed by atoms with Gasteiger partial charge in [-0.3, -0.25) is 57.7 Å². The van der Waals surface area contributed by atoms with E-state index in [0.717, 1.165) is 24.3 Å². The Balaban J connectivity index is 1.56. The van der Waals surface area contributed by atoms with E-state index in [1.54, 1.807) is 0 Å². The lowest BCUT2D eigenvalue weighted by molar-refractivity contribution is -0.143. The van der Waals surface area contributed by atoms with Gasteiger partial charge in [-0.2, -0.15) is 25.3 Å². The normalized spacial score (nSPS) is 15.2. The van der Waals surface area contributed by atoms with Gasteiger partial charge in [0, 0.05) is 57.4 Å². The summed E-state index contributed by atoms with van der Waals surface area (Å²) < 4.78 is 0. The maximum absolute atomic E-state index is 13.8. The van der Waals surface area contributed by atoms with Crippen molar-refractivity contribution in [2.24, 2.45) is 0 Å². The average molecular weight is 847 g/mol. The summed E-state index contributed by atoms with van der Waals surface area (Å²) in [6.07, 6.45) is -2.55. The molecule has 4 rings (SSSR count). The number of carbonyl (C=O) groups is 12. The van der Waals surface area contributed by atoms with Crippen LogP contribution in [-0.4, -0.2) is 150 Å². The van der Waals surface area contributed by atoms with Gasteiger partial charge in [0.25, 0.3) is 23.6 Å². The van der Waals surface area contributed by atoms with Gasteiger partial charge in [-0.05, 0) is 37.1 Å². The molecule has 24 heteroatoms. The highest BCUT2D eigenvalue weighted by Crippen LogP contribution is 2.39. The third-order valence-corrected chi connectivity index (χ3v) is 9.67. The first-order valence-corrected chi connectivity index (χ1v) is 18.2. The number of hydrogen-bond donors (Lipinski definition) is 10. The largest absolute Gasteiger partial charge is 0.480 e. The van der Waals surface area contributed by atoms with Gasteiger partial charge in [-0.25, -0.2) is 9.59 Å². The molecular formula is C34H34N6O16S2. The third kappa shape index (κ3) is 9.34. The van der Waals surface area contributed by atoms with E-state index in [2.05, 4.69) is 46.5 Å². The van der Waals surface area contributed by atoms with Crippen LogP contribution in [0, 0.1) is 0 Å². The van der Waals surface area contributed by atoms with Crippen molar-refractivity contribution in [2.45, 2.75) is 49.9 Å². The molecule has 2 aliphatic heterocycles. The lowest BCUT2D eigenvalue weighted by Crippen LogP contribution is -2.53. The third-order valence-electron chi connectivity index (χ3n) is 8.94. The number of thiol groups is 2. The van der Waals surface area contributed by atoms with Crippen molar-refractivity contribution in [3.63, 3.8) is 0 Å². The van der Waals surface area contributed by atoms with Crippen LogP contribution < -0.4 is 21.3 Å². The minimum absolute atomic E-state index is 0.196. The zero-order valence-electron chi connectivity index (χ0n) is 29.8. The number of imide groups is 2. The number of carbonyl (C=O) groups excluding carboxylic acids is 8. The second-order valence-electron chi connectivity index (χ2n) is 12.6. The zero-order valence-corrected chi connectivity index (χ0v) is 31.5. The molecule has 2 aliphatic rings. The maximum atomic E-state index is 13.8. The number of rotatable bonds is 20. The molecule has 0 aliphatic carbocycles. The summed E-state index contributed by atoms with van der Waals surface area (Å²) in [5.41, 5.74) is -1.21. The quantitative estimate of drug-likeness (QED) is 0.0496. The van der Waals surface area contributed by atoms with E-state index in [1.807, 2.05) is 0 Å². The highest BCUT2D eigenvalue weighted by molar-refractivity contribution is 7.80. The number of nitrogens with one attached hydrogen (secondary N) is 4. The molecule has 0 unspecified atom stereocenters. The van der Waals surface area contributed by atoms with Crippen LogP contribution in [0.2, 0.25) is 0 Å². The summed E-state index contributed by atoms with van der Waals surface area (Å²) in [5.74, 6) is -14.8. The molecule has 0 fully saturated rings. The van der Waals surface area contributed by atoms with Gasteiger partial charge >= 0.3 is 23.9 Å². The number of carboxylic acids is 4. The Morgan fingerprint density at radius 2 is 0.828 bits per heavy atom. The van der Waals surface area contributed by atoms with Gasteiger partial charge in [0.1, 0.15) is 37.3 Å². The molecule has 2 aromatic rings. The van der Waals surface area contributed by atoms with Crippen LogP contribution in [0.15, 0.2) is 24.3 Å². The van der Waals surface area contributed by atoms with E-state index in [9.17, 15) is 67.7 Å². The van der Waals surface area contributed by atoms with Crippen molar-refractivity contribution in [1.29, 1.82) is 0 Å². The summed E-state index contributed by atoms with van der Waals surface area (Å²) in [5, 5.41) is 45.9. The zero-order chi connectivity index (χ0) is 43.2. The predicted octanol–water partition coefficient (Wildman–Crippen LogP) is -2.27. The van der Waals surface area contributed by atoms with E-state index in [1.165, 1.54) is 0 Å². The lowest BCUT2D eigenvalue weighted by atomic mass is 9.84. The molecule has 58 heavy (non-hydrogen) atoms. The fourth-order valence-corrected chi connectivity index (χ4v) is 6.75. The standard InChI is InChI=1S/C34H34N6O16S2/c41-21(37-17(11-57)27(47)35-9-23(43)44)7-5-19(33(53)54)39-29(49)13-1-2-14-26-16(4-3-15(25(13)26)31(39)51)32(52)40(30(14)50)20(34(55)56)6-8-22(42)38-18(12-58)28(48)36-10-24(45)46/h1-4,17-20,57-58H,5-12H2,(H,35,47)(H,36,48)(H,37,41)(H,38,42)(H,43,44)(H,45,46)(H,53,54)(H,55,56)/t17-,18-,19+,20+/m0/s1. The molecule has 0 spiro atoms. The smallest absolute Gasteiger partial charge is 0.326 e. The Hall–Kier alpha value is -6.56. The van der Waals surface area contributed by atoms with Crippen molar-refractivity contribution in [1.82, 2.24) is 31.1 Å². The summed E-state index contributed by atoms with van der Waals surface area (Å²) >= 11 is 7.90. The number of aliphatic carboxylic acids is 4. The Kier molecular flexibility index (Phi) is 14.2. The highest BCUT2D eigenvalue weighted by atomic mass is 32.1. The molecule has 0 bridgehead atoms. The molecule has 0 radical (unpaired) electrons. The van der Waals surface area contributed by atoms with Gasteiger partial charge < -0.3 is 41.7 Å². The molecule has 2 heterocycles. The topological polar surface area (TPSA) is 340 Å². The lowest BCUT2D eigenvalue weighted by Gasteiger charge is -2.35. The van der Waals surface area contributed by atoms with Crippen LogP contribution in [0.3, 0.4) is 0 Å². The summed E-state index contributed by atoms with van der Waals surface area (Å²) in [4.78, 5) is 152. The Labute approximate surface area is 336 Å². The second-order valence-corrected chi connectivity index (χ2v) is 13.4. The molecule has 0 saturated carbocycles. The molecule has 2 aromatic carbocycles. The monoisotopic (exact) mass is 846 g/mol. The van der Waals surface area contributed by atoms with Crippen LogP contribution in [0.5, 0.6) is 0 Å². The SMILES string of the molecule is O=C(O)CNC(=O)[C@H](CS)NC(=O)CC[C@H](C(=O)O)N1C(=O)c2ccc3c4c(ccc(c24)C1=O)C(=O)N([C@H](CCC(=O)N[C@@H](CS)C(=O)NCC(=O)O)C(=O)O)C3=O. The molecule has 0 aromatic heterocycles. The minimum Gasteiger partial charge on any atom is -0.480 e. The number of carboxylic acid groups (broad SMARTS) is 4. The van der Waals surface area contributed by atoms with E-state index < -0.39 is 134 Å². The van der Waals surface area contributed by atoms with Crippen molar-refractivity contribution in [3.8, 4) is 0 Å². The number of amides is 8. The van der Waals surface area contributed by atoms with Gasteiger partial charge in [0.2, 0.25) is 23.6 Å². The fourth-order valence-electron chi connectivity index (χ4n) is 6.23. The molecule has 0 saturated heterocycles. The molecule has 8 amide bonds. The number of nitrogens with zero attached hydrogens (tertiary/aromatic N) is 2. The molecule has 308 valence electrons. The van der Waals surface area contributed by atoms with Crippen LogP contribution in [-0.2, 0) is 38.4 Å². The second kappa shape index (κ2) is 18.6. The van der Waals surface area contributed by atoms with E-state index >= 15 is 0 Å². The molecule has 22 nitrogen and oxygen atoms in total. The summed E-state index contributed by atoms with van der Waals surface area (Å²) in [6, 6.07) is -2.18. The van der Waals surface area contributed by atoms with Crippen molar-refractivity contribution in [3.05, 3.63) is 46.5 Å². The first-order valence-electron chi connectivity index (χ1n) is 16.9.